The highest BCUT2D eigenvalue weighted by Gasteiger charge is 2.19. The molecule has 5 nitrogen and oxygen atoms in total. The second-order valence-electron chi connectivity index (χ2n) is 5.19. The van der Waals surface area contributed by atoms with Crippen LogP contribution in [-0.4, -0.2) is 34.7 Å². The topological polar surface area (TPSA) is 67.4 Å². The fourth-order valence-electron chi connectivity index (χ4n) is 2.19. The number of sulfonamides is 1. The standard InChI is InChI=1S/C15H26N2O3S/c1-6-20-13(4)9-17-21(18,19)15-8-14(10-16-5)11(2)7-12(15)3/h7-8,13,16-17H,6,9-10H2,1-5H3. The van der Waals surface area contributed by atoms with Crippen molar-refractivity contribution in [1.29, 1.82) is 0 Å². The van der Waals surface area contributed by atoms with Crippen molar-refractivity contribution in [3.63, 3.8) is 0 Å². The van der Waals surface area contributed by atoms with Crippen LogP contribution in [0.25, 0.3) is 0 Å². The molecule has 0 fully saturated rings. The molecule has 1 rings (SSSR count). The molecule has 0 aliphatic heterocycles. The summed E-state index contributed by atoms with van der Waals surface area (Å²) in [5.74, 6) is 0. The van der Waals surface area contributed by atoms with Gasteiger partial charge < -0.3 is 10.1 Å². The van der Waals surface area contributed by atoms with E-state index >= 15 is 0 Å². The van der Waals surface area contributed by atoms with Crippen LogP contribution in [0.4, 0.5) is 0 Å². The van der Waals surface area contributed by atoms with E-state index in [1.165, 1.54) is 0 Å². The Balaban J connectivity index is 2.99. The Hall–Kier alpha value is -0.950. The first-order valence-corrected chi connectivity index (χ1v) is 8.66. The van der Waals surface area contributed by atoms with E-state index in [-0.39, 0.29) is 12.6 Å². The second kappa shape index (κ2) is 7.89. The molecular formula is C15H26N2O3S. The van der Waals surface area contributed by atoms with Gasteiger partial charge in [0.1, 0.15) is 0 Å². The molecule has 1 unspecified atom stereocenters. The third kappa shape index (κ3) is 5.07. The summed E-state index contributed by atoms with van der Waals surface area (Å²) >= 11 is 0. The van der Waals surface area contributed by atoms with E-state index in [9.17, 15) is 8.42 Å². The fourth-order valence-corrected chi connectivity index (χ4v) is 3.58. The van der Waals surface area contributed by atoms with Gasteiger partial charge in [-0.15, -0.1) is 0 Å². The van der Waals surface area contributed by atoms with Crippen molar-refractivity contribution in [1.82, 2.24) is 10.0 Å². The van der Waals surface area contributed by atoms with Gasteiger partial charge in [0, 0.05) is 19.7 Å². The number of hydrogen-bond donors (Lipinski definition) is 2. The molecule has 2 N–H and O–H groups in total. The van der Waals surface area contributed by atoms with Crippen LogP contribution in [-0.2, 0) is 21.3 Å². The molecule has 0 aromatic heterocycles. The maximum Gasteiger partial charge on any atom is 0.240 e. The molecule has 0 amide bonds. The lowest BCUT2D eigenvalue weighted by atomic mass is 10.1. The predicted molar refractivity (Wildman–Crippen MR) is 85.0 cm³/mol. The maximum absolute atomic E-state index is 12.4. The van der Waals surface area contributed by atoms with E-state index in [2.05, 4.69) is 10.0 Å². The zero-order valence-electron chi connectivity index (χ0n) is 13.5. The number of aryl methyl sites for hydroxylation is 2. The van der Waals surface area contributed by atoms with Crippen molar-refractivity contribution < 1.29 is 13.2 Å². The summed E-state index contributed by atoms with van der Waals surface area (Å²) in [5, 5.41) is 3.05. The minimum absolute atomic E-state index is 0.146. The van der Waals surface area contributed by atoms with E-state index < -0.39 is 10.0 Å². The first-order valence-electron chi connectivity index (χ1n) is 7.17. The Morgan fingerprint density at radius 1 is 1.24 bits per heavy atom. The summed E-state index contributed by atoms with van der Waals surface area (Å²) in [6.07, 6.45) is -0.146. The molecule has 0 bridgehead atoms. The van der Waals surface area contributed by atoms with Crippen LogP contribution in [0.5, 0.6) is 0 Å². The molecule has 0 radical (unpaired) electrons. The molecule has 0 heterocycles. The average molecular weight is 314 g/mol. The largest absolute Gasteiger partial charge is 0.377 e. The minimum atomic E-state index is -3.52. The molecule has 0 spiro atoms. The van der Waals surface area contributed by atoms with Crippen LogP contribution in [0.1, 0.15) is 30.5 Å². The lowest BCUT2D eigenvalue weighted by Crippen LogP contribution is -2.32. The van der Waals surface area contributed by atoms with Crippen molar-refractivity contribution in [3.8, 4) is 0 Å². The summed E-state index contributed by atoms with van der Waals surface area (Å²) in [7, 11) is -1.68. The van der Waals surface area contributed by atoms with Gasteiger partial charge in [-0.05, 0) is 57.5 Å². The van der Waals surface area contributed by atoms with Gasteiger partial charge >= 0.3 is 0 Å². The summed E-state index contributed by atoms with van der Waals surface area (Å²) in [5.41, 5.74) is 2.83. The van der Waals surface area contributed by atoms with Crippen LogP contribution >= 0.6 is 0 Å². The first-order chi connectivity index (χ1) is 9.81. The molecule has 0 aliphatic rings. The van der Waals surface area contributed by atoms with E-state index in [4.69, 9.17) is 4.74 Å². The van der Waals surface area contributed by atoms with Crippen LogP contribution in [0, 0.1) is 13.8 Å². The van der Waals surface area contributed by atoms with Crippen LogP contribution in [0.15, 0.2) is 17.0 Å². The van der Waals surface area contributed by atoms with E-state index in [0.29, 0.717) is 18.0 Å². The smallest absolute Gasteiger partial charge is 0.240 e. The highest BCUT2D eigenvalue weighted by atomic mass is 32.2. The lowest BCUT2D eigenvalue weighted by Gasteiger charge is -2.16. The molecule has 21 heavy (non-hydrogen) atoms. The SMILES string of the molecule is CCOC(C)CNS(=O)(=O)c1cc(CNC)c(C)cc1C. The molecule has 1 aromatic carbocycles. The summed E-state index contributed by atoms with van der Waals surface area (Å²) < 4.78 is 32.8. The highest BCUT2D eigenvalue weighted by Crippen LogP contribution is 2.20. The Labute approximate surface area is 128 Å². The van der Waals surface area contributed by atoms with Gasteiger partial charge in [0.15, 0.2) is 0 Å². The van der Waals surface area contributed by atoms with Gasteiger partial charge in [-0.2, -0.15) is 0 Å². The Kier molecular flexibility index (Phi) is 6.80. The number of benzene rings is 1. The lowest BCUT2D eigenvalue weighted by molar-refractivity contribution is 0.0799. The summed E-state index contributed by atoms with van der Waals surface area (Å²) in [4.78, 5) is 0.335. The van der Waals surface area contributed by atoms with E-state index in [1.54, 1.807) is 6.07 Å². The maximum atomic E-state index is 12.4. The Morgan fingerprint density at radius 2 is 1.90 bits per heavy atom. The highest BCUT2D eigenvalue weighted by molar-refractivity contribution is 7.89. The first kappa shape index (κ1) is 18.1. The third-order valence-electron chi connectivity index (χ3n) is 3.30. The van der Waals surface area contributed by atoms with Gasteiger partial charge in [-0.1, -0.05) is 6.07 Å². The molecule has 0 aliphatic carbocycles. The number of rotatable bonds is 8. The second-order valence-corrected chi connectivity index (χ2v) is 6.93. The van der Waals surface area contributed by atoms with Crippen molar-refractivity contribution >= 4 is 10.0 Å². The number of nitrogens with one attached hydrogen (secondary N) is 2. The van der Waals surface area contributed by atoms with Crippen LogP contribution < -0.4 is 10.0 Å². The minimum Gasteiger partial charge on any atom is -0.377 e. The summed E-state index contributed by atoms with van der Waals surface area (Å²) in [6.45, 7) is 9.02. The van der Waals surface area contributed by atoms with E-state index in [0.717, 1.165) is 16.7 Å². The predicted octanol–water partition coefficient (Wildman–Crippen LogP) is 1.73. The van der Waals surface area contributed by atoms with E-state index in [1.807, 2.05) is 40.8 Å². The van der Waals surface area contributed by atoms with Crippen molar-refractivity contribution in [2.45, 2.75) is 45.2 Å². The fraction of sp³-hybridized carbons (Fsp3) is 0.600. The van der Waals surface area contributed by atoms with Crippen molar-refractivity contribution in [3.05, 3.63) is 28.8 Å². The quantitative estimate of drug-likeness (QED) is 0.767. The Morgan fingerprint density at radius 3 is 2.48 bits per heavy atom. The average Bonchev–Trinajstić information content (AvgIpc) is 2.40. The number of ether oxygens (including phenoxy) is 1. The van der Waals surface area contributed by atoms with Gasteiger partial charge in [0.25, 0.3) is 0 Å². The van der Waals surface area contributed by atoms with Gasteiger partial charge in [-0.25, -0.2) is 13.1 Å². The molecule has 6 heteroatoms. The monoisotopic (exact) mass is 314 g/mol. The van der Waals surface area contributed by atoms with Crippen molar-refractivity contribution in [2.24, 2.45) is 0 Å². The summed E-state index contributed by atoms with van der Waals surface area (Å²) in [6, 6.07) is 3.65. The number of hydrogen-bond acceptors (Lipinski definition) is 4. The zero-order chi connectivity index (χ0) is 16.0. The van der Waals surface area contributed by atoms with Crippen LogP contribution in [0.3, 0.4) is 0 Å². The van der Waals surface area contributed by atoms with Crippen molar-refractivity contribution in [2.75, 3.05) is 20.2 Å². The Bertz CT molecular complexity index is 571. The molecule has 1 atom stereocenters. The zero-order valence-corrected chi connectivity index (χ0v) is 14.3. The van der Waals surface area contributed by atoms with Gasteiger partial charge in [0.2, 0.25) is 10.0 Å². The normalized spacial score (nSPS) is 13.4. The molecular weight excluding hydrogens is 288 g/mol. The third-order valence-corrected chi connectivity index (χ3v) is 4.87. The molecule has 120 valence electrons. The van der Waals surface area contributed by atoms with Gasteiger partial charge in [0.05, 0.1) is 11.0 Å². The molecule has 0 saturated heterocycles. The molecule has 1 aromatic rings. The van der Waals surface area contributed by atoms with Gasteiger partial charge in [-0.3, -0.25) is 0 Å². The molecule has 0 saturated carbocycles. The van der Waals surface area contributed by atoms with Crippen LogP contribution in [0.2, 0.25) is 0 Å².